The average molecular weight is 291 g/mol. The van der Waals surface area contributed by atoms with Gasteiger partial charge in [-0.2, -0.15) is 0 Å². The molecule has 0 aliphatic rings. The molecule has 0 radical (unpaired) electrons. The van der Waals surface area contributed by atoms with Gasteiger partial charge in [-0.1, -0.05) is 11.8 Å². The highest BCUT2D eigenvalue weighted by atomic mass is 16.5. The number of methoxy groups -OCH3 is 2. The summed E-state index contributed by atoms with van der Waals surface area (Å²) in [5.74, 6) is 6.88. The van der Waals surface area contributed by atoms with Crippen LogP contribution in [0.1, 0.15) is 24.0 Å². The van der Waals surface area contributed by atoms with Gasteiger partial charge in [-0.05, 0) is 31.7 Å². The minimum atomic E-state index is 0.0955. The third-order valence-electron chi connectivity index (χ3n) is 3.08. The van der Waals surface area contributed by atoms with E-state index >= 15 is 0 Å². The summed E-state index contributed by atoms with van der Waals surface area (Å²) < 4.78 is 10.5. The van der Waals surface area contributed by atoms with E-state index in [1.165, 1.54) is 0 Å². The highest BCUT2D eigenvalue weighted by Crippen LogP contribution is 2.21. The summed E-state index contributed by atoms with van der Waals surface area (Å²) in [5.41, 5.74) is 2.07. The number of hydrogen-bond donors (Lipinski definition) is 1. The average Bonchev–Trinajstić information content (AvgIpc) is 2.48. The lowest BCUT2D eigenvalue weighted by Crippen LogP contribution is -2.20. The van der Waals surface area contributed by atoms with Crippen molar-refractivity contribution < 1.29 is 14.6 Å². The molecular weight excluding hydrogens is 266 g/mol. The summed E-state index contributed by atoms with van der Waals surface area (Å²) in [7, 11) is 5.48. The van der Waals surface area contributed by atoms with Crippen LogP contribution >= 0.6 is 0 Å². The normalized spacial score (nSPS) is 10.3. The third-order valence-corrected chi connectivity index (χ3v) is 3.08. The highest BCUT2D eigenvalue weighted by Gasteiger charge is 2.07. The molecule has 0 atom stereocenters. The van der Waals surface area contributed by atoms with Gasteiger partial charge in [-0.25, -0.2) is 0 Å². The van der Waals surface area contributed by atoms with Gasteiger partial charge in [0, 0.05) is 44.4 Å². The Morgan fingerprint density at radius 1 is 1.29 bits per heavy atom. The fraction of sp³-hybridized carbons (Fsp3) is 0.529. The topological polar surface area (TPSA) is 41.9 Å². The smallest absolute Gasteiger partial charge is 0.123 e. The molecule has 4 heteroatoms. The van der Waals surface area contributed by atoms with Crippen molar-refractivity contribution in [1.82, 2.24) is 4.90 Å². The number of benzene rings is 1. The van der Waals surface area contributed by atoms with Crippen molar-refractivity contribution in [3.63, 3.8) is 0 Å². The lowest BCUT2D eigenvalue weighted by Gasteiger charge is -2.18. The maximum atomic E-state index is 8.76. The van der Waals surface area contributed by atoms with Crippen molar-refractivity contribution in [2.24, 2.45) is 0 Å². The molecule has 0 unspecified atom stereocenters. The Morgan fingerprint density at radius 3 is 2.76 bits per heavy atom. The van der Waals surface area contributed by atoms with Crippen LogP contribution in [0.25, 0.3) is 0 Å². The molecule has 1 aromatic rings. The van der Waals surface area contributed by atoms with E-state index in [2.05, 4.69) is 29.9 Å². The lowest BCUT2D eigenvalue weighted by atomic mass is 10.1. The molecule has 4 nitrogen and oxygen atoms in total. The van der Waals surface area contributed by atoms with E-state index in [-0.39, 0.29) is 6.61 Å². The number of rotatable bonds is 8. The Morgan fingerprint density at radius 2 is 2.10 bits per heavy atom. The summed E-state index contributed by atoms with van der Waals surface area (Å²) in [6.45, 7) is 2.65. The van der Waals surface area contributed by atoms with Gasteiger partial charge in [0.05, 0.1) is 13.7 Å². The molecule has 1 N–H and O–H groups in total. The second-order valence-electron chi connectivity index (χ2n) is 4.89. The molecule has 0 aromatic heterocycles. The summed E-state index contributed by atoms with van der Waals surface area (Å²) in [6.07, 6.45) is 1.50. The Balaban J connectivity index is 2.74. The SMILES string of the molecule is COCCCN(C)Cc1cc(C#CCCO)ccc1OC. The monoisotopic (exact) mass is 291 g/mol. The summed E-state index contributed by atoms with van der Waals surface area (Å²) in [5, 5.41) is 8.76. The number of ether oxygens (including phenoxy) is 2. The van der Waals surface area contributed by atoms with E-state index in [9.17, 15) is 0 Å². The molecule has 0 aliphatic carbocycles. The minimum Gasteiger partial charge on any atom is -0.496 e. The second kappa shape index (κ2) is 10.2. The van der Waals surface area contributed by atoms with E-state index in [0.29, 0.717) is 6.42 Å². The largest absolute Gasteiger partial charge is 0.496 e. The van der Waals surface area contributed by atoms with Gasteiger partial charge in [-0.15, -0.1) is 0 Å². The Labute approximate surface area is 127 Å². The first kappa shape index (κ1) is 17.5. The summed E-state index contributed by atoms with van der Waals surface area (Å²) >= 11 is 0. The van der Waals surface area contributed by atoms with Gasteiger partial charge in [0.1, 0.15) is 5.75 Å². The van der Waals surface area contributed by atoms with Gasteiger partial charge in [-0.3, -0.25) is 0 Å². The zero-order chi connectivity index (χ0) is 15.5. The first-order valence-corrected chi connectivity index (χ1v) is 7.15. The molecular formula is C17H25NO3. The maximum absolute atomic E-state index is 8.76. The molecule has 0 fully saturated rings. The first-order chi connectivity index (χ1) is 10.2. The first-order valence-electron chi connectivity index (χ1n) is 7.15. The van der Waals surface area contributed by atoms with Crippen molar-refractivity contribution in [2.75, 3.05) is 41.0 Å². The molecule has 0 amide bonds. The molecule has 0 heterocycles. The van der Waals surface area contributed by atoms with E-state index in [1.807, 2.05) is 12.1 Å². The Hall–Kier alpha value is -1.54. The number of aliphatic hydroxyl groups is 1. The predicted octanol–water partition coefficient (Wildman–Crippen LogP) is 1.90. The zero-order valence-electron chi connectivity index (χ0n) is 13.2. The molecule has 0 saturated carbocycles. The van der Waals surface area contributed by atoms with Crippen LogP contribution < -0.4 is 4.74 Å². The summed E-state index contributed by atoms with van der Waals surface area (Å²) in [4.78, 5) is 2.24. The van der Waals surface area contributed by atoms with Crippen molar-refractivity contribution in [3.05, 3.63) is 29.3 Å². The van der Waals surface area contributed by atoms with Crippen molar-refractivity contribution >= 4 is 0 Å². The van der Waals surface area contributed by atoms with E-state index < -0.39 is 0 Å². The van der Waals surface area contributed by atoms with Crippen LogP contribution in [0, 0.1) is 11.8 Å². The molecule has 21 heavy (non-hydrogen) atoms. The molecule has 0 saturated heterocycles. The van der Waals surface area contributed by atoms with Gasteiger partial charge in [0.15, 0.2) is 0 Å². The second-order valence-corrected chi connectivity index (χ2v) is 4.89. The lowest BCUT2D eigenvalue weighted by molar-refractivity contribution is 0.178. The fourth-order valence-electron chi connectivity index (χ4n) is 2.05. The number of aliphatic hydroxyl groups excluding tert-OH is 1. The van der Waals surface area contributed by atoms with E-state index in [0.717, 1.165) is 43.0 Å². The van der Waals surface area contributed by atoms with Gasteiger partial charge in [0.25, 0.3) is 0 Å². The van der Waals surface area contributed by atoms with Crippen molar-refractivity contribution in [2.45, 2.75) is 19.4 Å². The highest BCUT2D eigenvalue weighted by molar-refractivity contribution is 5.44. The van der Waals surface area contributed by atoms with Crippen LogP contribution in [0.4, 0.5) is 0 Å². The fourth-order valence-corrected chi connectivity index (χ4v) is 2.05. The van der Waals surface area contributed by atoms with Crippen molar-refractivity contribution in [3.8, 4) is 17.6 Å². The van der Waals surface area contributed by atoms with Crippen LogP contribution in [-0.2, 0) is 11.3 Å². The molecule has 116 valence electrons. The third kappa shape index (κ3) is 6.63. The summed E-state index contributed by atoms with van der Waals surface area (Å²) in [6, 6.07) is 5.94. The van der Waals surface area contributed by atoms with Crippen LogP contribution in [0.5, 0.6) is 5.75 Å². The zero-order valence-corrected chi connectivity index (χ0v) is 13.2. The molecule has 0 aliphatic heterocycles. The number of hydrogen-bond acceptors (Lipinski definition) is 4. The van der Waals surface area contributed by atoms with Gasteiger partial charge in [0.2, 0.25) is 0 Å². The van der Waals surface area contributed by atoms with Crippen LogP contribution in [0.2, 0.25) is 0 Å². The van der Waals surface area contributed by atoms with Crippen LogP contribution in [0.15, 0.2) is 18.2 Å². The Bertz CT molecular complexity index is 477. The van der Waals surface area contributed by atoms with Crippen molar-refractivity contribution in [1.29, 1.82) is 0 Å². The predicted molar refractivity (Wildman–Crippen MR) is 84.4 cm³/mol. The standard InChI is InChI=1S/C17H25NO3/c1-18(10-6-12-20-2)14-16-13-15(7-4-5-11-19)8-9-17(16)21-3/h8-9,13,19H,5-6,10-12,14H2,1-3H3. The van der Waals surface area contributed by atoms with Crippen LogP contribution in [-0.4, -0.2) is 51.0 Å². The van der Waals surface area contributed by atoms with Crippen LogP contribution in [0.3, 0.4) is 0 Å². The Kier molecular flexibility index (Phi) is 8.53. The van der Waals surface area contributed by atoms with E-state index in [4.69, 9.17) is 14.6 Å². The molecule has 1 aromatic carbocycles. The van der Waals surface area contributed by atoms with Gasteiger partial charge < -0.3 is 19.5 Å². The maximum Gasteiger partial charge on any atom is 0.123 e. The van der Waals surface area contributed by atoms with E-state index in [1.54, 1.807) is 14.2 Å². The molecule has 0 spiro atoms. The number of nitrogens with zero attached hydrogens (tertiary/aromatic N) is 1. The minimum absolute atomic E-state index is 0.0955. The van der Waals surface area contributed by atoms with Gasteiger partial charge >= 0.3 is 0 Å². The molecule has 0 bridgehead atoms. The molecule has 1 rings (SSSR count). The quantitative estimate of drug-likeness (QED) is 0.587.